The van der Waals surface area contributed by atoms with Crippen molar-refractivity contribution in [3.63, 3.8) is 0 Å². The molecule has 2 N–H and O–H groups in total. The van der Waals surface area contributed by atoms with Crippen molar-refractivity contribution in [3.8, 4) is 0 Å². The fourth-order valence-electron chi connectivity index (χ4n) is 1.86. The van der Waals surface area contributed by atoms with Gasteiger partial charge in [-0.15, -0.1) is 0 Å². The maximum atomic E-state index is 10.4. The van der Waals surface area contributed by atoms with Gasteiger partial charge >= 0.3 is 5.97 Å². The van der Waals surface area contributed by atoms with Crippen LogP contribution in [0.4, 0.5) is 0 Å². The Hall–Kier alpha value is -0.610. The second-order valence-electron chi connectivity index (χ2n) is 4.23. The molecule has 88 valence electrons. The molecule has 0 aromatic rings. The molecule has 0 radical (unpaired) electrons. The minimum Gasteiger partial charge on any atom is -0.481 e. The van der Waals surface area contributed by atoms with Gasteiger partial charge in [0.2, 0.25) is 0 Å². The molecule has 1 heterocycles. The van der Waals surface area contributed by atoms with Crippen LogP contribution in [-0.4, -0.2) is 36.4 Å². The summed E-state index contributed by atoms with van der Waals surface area (Å²) >= 11 is 0. The molecular weight excluding hydrogens is 194 g/mol. The molecule has 0 spiro atoms. The molecule has 4 nitrogen and oxygen atoms in total. The highest BCUT2D eigenvalue weighted by molar-refractivity contribution is 5.67. The zero-order valence-corrected chi connectivity index (χ0v) is 9.37. The van der Waals surface area contributed by atoms with Gasteiger partial charge in [-0.2, -0.15) is 0 Å². The van der Waals surface area contributed by atoms with E-state index in [0.717, 1.165) is 26.0 Å². The van der Waals surface area contributed by atoms with Crippen LogP contribution in [0.2, 0.25) is 0 Å². The molecule has 0 aliphatic carbocycles. The van der Waals surface area contributed by atoms with Gasteiger partial charge in [0.25, 0.3) is 0 Å². The van der Waals surface area contributed by atoms with Crippen LogP contribution in [0.5, 0.6) is 0 Å². The maximum Gasteiger partial charge on any atom is 0.304 e. The van der Waals surface area contributed by atoms with E-state index in [1.165, 1.54) is 12.8 Å². The van der Waals surface area contributed by atoms with Crippen LogP contribution in [0, 0.1) is 0 Å². The van der Waals surface area contributed by atoms with Crippen LogP contribution in [0.15, 0.2) is 0 Å². The van der Waals surface area contributed by atoms with Crippen LogP contribution in [0.3, 0.4) is 0 Å². The average Bonchev–Trinajstić information content (AvgIpc) is 2.18. The van der Waals surface area contributed by atoms with Gasteiger partial charge in [-0.05, 0) is 39.2 Å². The van der Waals surface area contributed by atoms with Crippen molar-refractivity contribution in [1.82, 2.24) is 5.32 Å². The van der Waals surface area contributed by atoms with Gasteiger partial charge in [-0.25, -0.2) is 0 Å². The van der Waals surface area contributed by atoms with Crippen molar-refractivity contribution in [2.24, 2.45) is 0 Å². The van der Waals surface area contributed by atoms with E-state index in [2.05, 4.69) is 5.32 Å². The number of carbonyl (C=O) groups is 1. The molecule has 2 atom stereocenters. The zero-order chi connectivity index (χ0) is 11.1. The van der Waals surface area contributed by atoms with Gasteiger partial charge in [0, 0.05) is 12.6 Å². The lowest BCUT2D eigenvalue weighted by atomic mass is 10.1. The summed E-state index contributed by atoms with van der Waals surface area (Å²) in [4.78, 5) is 10.4. The molecule has 15 heavy (non-hydrogen) atoms. The van der Waals surface area contributed by atoms with E-state index >= 15 is 0 Å². The molecule has 0 aromatic heterocycles. The third kappa shape index (κ3) is 5.74. The van der Waals surface area contributed by atoms with Crippen molar-refractivity contribution >= 4 is 5.97 Å². The fourth-order valence-corrected chi connectivity index (χ4v) is 1.86. The Kier molecular flexibility index (Phi) is 5.65. The first-order chi connectivity index (χ1) is 7.18. The molecular formula is C11H21NO3. The summed E-state index contributed by atoms with van der Waals surface area (Å²) in [6, 6.07) is 0.0473. The SMILES string of the molecule is CC(CC(=O)O)NCCC1CCCCO1. The monoisotopic (exact) mass is 215 g/mol. The first-order valence-electron chi connectivity index (χ1n) is 5.75. The summed E-state index contributed by atoms with van der Waals surface area (Å²) < 4.78 is 5.58. The van der Waals surface area contributed by atoms with E-state index in [9.17, 15) is 4.79 Å². The quantitative estimate of drug-likeness (QED) is 0.703. The Labute approximate surface area is 91.0 Å². The summed E-state index contributed by atoms with van der Waals surface area (Å²) in [5.41, 5.74) is 0. The summed E-state index contributed by atoms with van der Waals surface area (Å²) in [6.45, 7) is 3.63. The smallest absolute Gasteiger partial charge is 0.304 e. The van der Waals surface area contributed by atoms with Crippen LogP contribution in [-0.2, 0) is 9.53 Å². The molecule has 1 rings (SSSR count). The lowest BCUT2D eigenvalue weighted by Crippen LogP contribution is -2.32. The number of carboxylic acids is 1. The molecule has 1 fully saturated rings. The van der Waals surface area contributed by atoms with Gasteiger partial charge in [-0.1, -0.05) is 0 Å². The molecule has 0 aromatic carbocycles. The highest BCUT2D eigenvalue weighted by Gasteiger charge is 2.14. The molecule has 1 saturated heterocycles. The van der Waals surface area contributed by atoms with Crippen LogP contribution in [0.25, 0.3) is 0 Å². The Morgan fingerprint density at radius 1 is 1.60 bits per heavy atom. The number of ether oxygens (including phenoxy) is 1. The minimum absolute atomic E-state index is 0.0473. The number of nitrogens with one attached hydrogen (secondary N) is 1. The van der Waals surface area contributed by atoms with Crippen LogP contribution >= 0.6 is 0 Å². The van der Waals surface area contributed by atoms with Gasteiger partial charge in [0.15, 0.2) is 0 Å². The van der Waals surface area contributed by atoms with E-state index in [4.69, 9.17) is 9.84 Å². The van der Waals surface area contributed by atoms with E-state index in [0.29, 0.717) is 6.10 Å². The van der Waals surface area contributed by atoms with Crippen molar-refractivity contribution < 1.29 is 14.6 Å². The first-order valence-corrected chi connectivity index (χ1v) is 5.75. The Morgan fingerprint density at radius 3 is 3.00 bits per heavy atom. The number of rotatable bonds is 6. The van der Waals surface area contributed by atoms with E-state index < -0.39 is 5.97 Å². The predicted molar refractivity (Wildman–Crippen MR) is 57.9 cm³/mol. The standard InChI is InChI=1S/C11H21NO3/c1-9(8-11(13)14)12-6-5-10-4-2-3-7-15-10/h9-10,12H,2-8H2,1H3,(H,13,14). The van der Waals surface area contributed by atoms with E-state index in [1.54, 1.807) is 0 Å². The minimum atomic E-state index is -0.746. The number of carboxylic acid groups (broad SMARTS) is 1. The molecule has 1 aliphatic heterocycles. The molecule has 2 unspecified atom stereocenters. The van der Waals surface area contributed by atoms with Gasteiger partial charge in [-0.3, -0.25) is 4.79 Å². The normalized spacial score (nSPS) is 23.7. The second kappa shape index (κ2) is 6.80. The summed E-state index contributed by atoms with van der Waals surface area (Å²) in [7, 11) is 0. The Balaban J connectivity index is 2.02. The average molecular weight is 215 g/mol. The third-order valence-corrected chi connectivity index (χ3v) is 2.71. The maximum absolute atomic E-state index is 10.4. The molecule has 0 saturated carbocycles. The topological polar surface area (TPSA) is 58.6 Å². The number of aliphatic carboxylic acids is 1. The van der Waals surface area contributed by atoms with Crippen molar-refractivity contribution in [3.05, 3.63) is 0 Å². The zero-order valence-electron chi connectivity index (χ0n) is 9.37. The summed E-state index contributed by atoms with van der Waals surface area (Å²) in [6.07, 6.45) is 5.14. The van der Waals surface area contributed by atoms with Crippen molar-refractivity contribution in [1.29, 1.82) is 0 Å². The van der Waals surface area contributed by atoms with Crippen molar-refractivity contribution in [2.75, 3.05) is 13.2 Å². The van der Waals surface area contributed by atoms with Gasteiger partial charge in [0.1, 0.15) is 0 Å². The third-order valence-electron chi connectivity index (χ3n) is 2.71. The molecule has 1 aliphatic rings. The number of hydrogen-bond acceptors (Lipinski definition) is 3. The first kappa shape index (κ1) is 12.5. The van der Waals surface area contributed by atoms with Gasteiger partial charge < -0.3 is 15.2 Å². The Bertz CT molecular complexity index is 190. The van der Waals surface area contributed by atoms with E-state index in [1.807, 2.05) is 6.92 Å². The highest BCUT2D eigenvalue weighted by atomic mass is 16.5. The summed E-state index contributed by atoms with van der Waals surface area (Å²) in [5.74, 6) is -0.746. The lowest BCUT2D eigenvalue weighted by molar-refractivity contribution is -0.137. The molecule has 0 bridgehead atoms. The van der Waals surface area contributed by atoms with Gasteiger partial charge in [0.05, 0.1) is 12.5 Å². The predicted octanol–water partition coefficient (Wildman–Crippen LogP) is 1.40. The Morgan fingerprint density at radius 2 is 2.40 bits per heavy atom. The summed E-state index contributed by atoms with van der Waals surface area (Å²) in [5, 5.41) is 11.8. The van der Waals surface area contributed by atoms with Crippen LogP contribution < -0.4 is 5.32 Å². The van der Waals surface area contributed by atoms with E-state index in [-0.39, 0.29) is 12.5 Å². The molecule has 4 heteroatoms. The van der Waals surface area contributed by atoms with Crippen LogP contribution in [0.1, 0.15) is 39.0 Å². The molecule has 0 amide bonds. The number of hydrogen-bond donors (Lipinski definition) is 2. The largest absolute Gasteiger partial charge is 0.481 e. The second-order valence-corrected chi connectivity index (χ2v) is 4.23. The lowest BCUT2D eigenvalue weighted by Gasteiger charge is -2.23. The fraction of sp³-hybridized carbons (Fsp3) is 0.909. The van der Waals surface area contributed by atoms with Crippen molar-refractivity contribution in [2.45, 2.75) is 51.2 Å². The highest BCUT2D eigenvalue weighted by Crippen LogP contribution is 2.14.